The number of rotatable bonds is 11. The van der Waals surface area contributed by atoms with Gasteiger partial charge in [-0.25, -0.2) is 22.9 Å². The van der Waals surface area contributed by atoms with Gasteiger partial charge in [0.15, 0.2) is 11.8 Å². The van der Waals surface area contributed by atoms with Crippen molar-refractivity contribution in [2.24, 2.45) is 5.11 Å². The number of nitrogens with zero attached hydrogens (tertiary/aromatic N) is 5. The second kappa shape index (κ2) is 10.3. The first-order valence-corrected chi connectivity index (χ1v) is 13.2. The summed E-state index contributed by atoms with van der Waals surface area (Å²) in [6.07, 6.45) is -3.68. The van der Waals surface area contributed by atoms with Crippen LogP contribution in [0.2, 0.25) is 0 Å². The number of aromatic nitrogens is 2. The molecule has 0 aliphatic carbocycles. The average Bonchev–Trinajstić information content (AvgIpc) is 2.91. The fourth-order valence-corrected chi connectivity index (χ4v) is 6.02. The molecule has 2 heterocycles. The van der Waals surface area contributed by atoms with Crippen LogP contribution in [0.4, 0.5) is 10.2 Å². The van der Waals surface area contributed by atoms with Gasteiger partial charge in [-0.1, -0.05) is 5.11 Å². The molecule has 1 fully saturated rings. The van der Waals surface area contributed by atoms with Crippen molar-refractivity contribution >= 4 is 29.3 Å². The summed E-state index contributed by atoms with van der Waals surface area (Å²) in [6.45, 7) is -4.30. The molecule has 0 bridgehead atoms. The highest BCUT2D eigenvalue weighted by atomic mass is 31.3. The topological polar surface area (TPSA) is 319 Å². The number of ether oxygens (including phenoxy) is 1. The van der Waals surface area contributed by atoms with Crippen LogP contribution in [-0.4, -0.2) is 76.5 Å². The molecule has 24 heteroatoms. The van der Waals surface area contributed by atoms with Crippen molar-refractivity contribution < 1.29 is 65.8 Å². The SMILES string of the molecule is [N-]=[N+]=NC[C@]1(COP(=O)(O)OP(=O)(O)OP(=O)(O)O)O[C@@H](n2ccc(N)nc2=O)[C@@](O)(CF)[C@@H]1O. The van der Waals surface area contributed by atoms with E-state index in [1.807, 2.05) is 0 Å². The largest absolute Gasteiger partial charge is 0.490 e. The van der Waals surface area contributed by atoms with Crippen molar-refractivity contribution in [3.8, 4) is 0 Å². The number of nitrogen functional groups attached to an aromatic ring is 1. The first-order valence-electron chi connectivity index (χ1n) is 8.68. The first-order chi connectivity index (χ1) is 15.9. The van der Waals surface area contributed by atoms with Gasteiger partial charge in [0, 0.05) is 11.1 Å². The van der Waals surface area contributed by atoms with Crippen LogP contribution < -0.4 is 11.4 Å². The van der Waals surface area contributed by atoms with E-state index in [0.29, 0.717) is 4.57 Å². The van der Waals surface area contributed by atoms with Crippen LogP contribution in [0.3, 0.4) is 0 Å². The molecule has 2 rings (SSSR count). The van der Waals surface area contributed by atoms with Crippen LogP contribution in [0.1, 0.15) is 6.23 Å². The van der Waals surface area contributed by atoms with Gasteiger partial charge in [0.25, 0.3) is 0 Å². The Kier molecular flexibility index (Phi) is 8.66. The third-order valence-electron chi connectivity index (χ3n) is 4.35. The molecule has 1 aliphatic heterocycles. The zero-order valence-corrected chi connectivity index (χ0v) is 19.6. The number of azide groups is 1. The number of hydrogen-bond acceptors (Lipinski definition) is 13. The second-order valence-electron chi connectivity index (χ2n) is 6.86. The Bertz CT molecular complexity index is 1200. The molecule has 8 N–H and O–H groups in total. The van der Waals surface area contributed by atoms with Gasteiger partial charge in [-0.15, -0.1) is 0 Å². The lowest BCUT2D eigenvalue weighted by atomic mass is 9.87. The molecule has 0 saturated carbocycles. The van der Waals surface area contributed by atoms with Crippen LogP contribution in [0, 0.1) is 0 Å². The quantitative estimate of drug-likeness (QED) is 0.0711. The summed E-state index contributed by atoms with van der Waals surface area (Å²) in [5.74, 6) is -0.276. The predicted octanol–water partition coefficient (Wildman–Crippen LogP) is -1.19. The van der Waals surface area contributed by atoms with Gasteiger partial charge in [0.05, 0.1) is 13.2 Å². The summed E-state index contributed by atoms with van der Waals surface area (Å²) < 4.78 is 65.5. The maximum atomic E-state index is 13.9. The van der Waals surface area contributed by atoms with E-state index in [4.69, 9.17) is 25.8 Å². The number of halogens is 1. The number of phosphoric acid groups is 3. The molecule has 0 radical (unpaired) electrons. The number of alkyl halides is 1. The maximum Gasteiger partial charge on any atom is 0.490 e. The van der Waals surface area contributed by atoms with Crippen molar-refractivity contribution in [2.45, 2.75) is 23.5 Å². The minimum absolute atomic E-state index is 0.276. The van der Waals surface area contributed by atoms with E-state index in [-0.39, 0.29) is 5.82 Å². The molecule has 198 valence electrons. The van der Waals surface area contributed by atoms with E-state index in [0.717, 1.165) is 12.3 Å². The average molecular weight is 570 g/mol. The van der Waals surface area contributed by atoms with E-state index >= 15 is 0 Å². The summed E-state index contributed by atoms with van der Waals surface area (Å²) >= 11 is 0. The molecule has 20 nitrogen and oxygen atoms in total. The Morgan fingerprint density at radius 3 is 2.43 bits per heavy atom. The van der Waals surface area contributed by atoms with Gasteiger partial charge < -0.3 is 40.3 Å². The zero-order chi connectivity index (χ0) is 26.9. The van der Waals surface area contributed by atoms with Crippen LogP contribution in [0.15, 0.2) is 22.2 Å². The summed E-state index contributed by atoms with van der Waals surface area (Å²) in [7, 11) is -17.4. The standard InChI is InChI=1S/C11H18FN6O14P3/c12-3-11(21)7(19)10(4-15-17-14,30-8(11)18-2-1-6(13)16-9(18)20)5-29-34(25,26)32-35(27,28)31-33(22,23)24/h1-2,7-8,19,21H,3-5H2,(H,25,26)(H,27,28)(H2,13,16,20)(H2,22,23,24)/t7-,8-,10-,11-/m1/s1. The van der Waals surface area contributed by atoms with E-state index in [1.165, 1.54) is 0 Å². The molecule has 6 atom stereocenters. The smallest absolute Gasteiger partial charge is 0.387 e. The normalized spacial score (nSPS) is 30.3. The number of nitrogens with two attached hydrogens (primary N) is 1. The minimum Gasteiger partial charge on any atom is -0.387 e. The van der Waals surface area contributed by atoms with Crippen molar-refractivity contribution in [3.05, 3.63) is 33.2 Å². The molecule has 0 aromatic carbocycles. The van der Waals surface area contributed by atoms with Crippen molar-refractivity contribution in [1.29, 1.82) is 0 Å². The lowest BCUT2D eigenvalue weighted by Crippen LogP contribution is -2.56. The molecule has 1 aromatic rings. The molecule has 0 spiro atoms. The number of phosphoric ester groups is 1. The van der Waals surface area contributed by atoms with Crippen molar-refractivity contribution in [3.63, 3.8) is 0 Å². The first kappa shape index (κ1) is 29.4. The number of hydrogen-bond donors (Lipinski definition) is 7. The predicted molar refractivity (Wildman–Crippen MR) is 107 cm³/mol. The Morgan fingerprint density at radius 2 is 1.91 bits per heavy atom. The van der Waals surface area contributed by atoms with Gasteiger partial charge in [-0.3, -0.25) is 9.09 Å². The minimum atomic E-state index is -5.92. The zero-order valence-electron chi connectivity index (χ0n) is 16.9. The Labute approximate surface area is 192 Å². The fourth-order valence-electron chi connectivity index (χ4n) is 2.95. The second-order valence-corrected chi connectivity index (χ2v) is 11.3. The van der Waals surface area contributed by atoms with E-state index in [1.54, 1.807) is 0 Å². The van der Waals surface area contributed by atoms with E-state index in [9.17, 15) is 42.9 Å². The molecular formula is C11H18FN6O14P3. The van der Waals surface area contributed by atoms with Crippen LogP contribution in [0.25, 0.3) is 10.4 Å². The number of aliphatic hydroxyl groups is 2. The third kappa shape index (κ3) is 6.91. The van der Waals surface area contributed by atoms with Crippen LogP contribution in [0.5, 0.6) is 0 Å². The molecule has 1 aromatic heterocycles. The molecule has 1 saturated heterocycles. The van der Waals surface area contributed by atoms with Gasteiger partial charge in [-0.05, 0) is 11.6 Å². The van der Waals surface area contributed by atoms with Crippen LogP contribution in [-0.2, 0) is 31.6 Å². The third-order valence-corrected chi connectivity index (χ3v) is 8.14. The molecule has 0 amide bonds. The summed E-state index contributed by atoms with van der Waals surface area (Å²) in [5, 5.41) is 24.5. The summed E-state index contributed by atoms with van der Waals surface area (Å²) in [6, 6.07) is 1.04. The van der Waals surface area contributed by atoms with Gasteiger partial charge in [0.1, 0.15) is 24.2 Å². The summed E-state index contributed by atoms with van der Waals surface area (Å²) in [4.78, 5) is 53.9. The highest BCUT2D eigenvalue weighted by molar-refractivity contribution is 7.66. The molecular weight excluding hydrogens is 552 g/mol. The van der Waals surface area contributed by atoms with E-state index < -0.39 is 72.5 Å². The number of aliphatic hydroxyl groups excluding tert-OH is 1. The summed E-state index contributed by atoms with van der Waals surface area (Å²) in [5.41, 5.74) is 7.21. The lowest BCUT2D eigenvalue weighted by Gasteiger charge is -2.32. The maximum absolute atomic E-state index is 13.9. The molecule has 2 unspecified atom stereocenters. The monoisotopic (exact) mass is 570 g/mol. The Balaban J connectivity index is 2.42. The van der Waals surface area contributed by atoms with Crippen molar-refractivity contribution in [1.82, 2.24) is 9.55 Å². The lowest BCUT2D eigenvalue weighted by molar-refractivity contribution is -0.131. The van der Waals surface area contributed by atoms with Crippen LogP contribution >= 0.6 is 23.5 Å². The Hall–Kier alpha value is -1.79. The highest BCUT2D eigenvalue weighted by Crippen LogP contribution is 2.66. The van der Waals surface area contributed by atoms with Gasteiger partial charge in [0.2, 0.25) is 0 Å². The fraction of sp³-hybridized carbons (Fsp3) is 0.636. The molecule has 35 heavy (non-hydrogen) atoms. The Morgan fingerprint density at radius 1 is 1.29 bits per heavy atom. The molecule has 1 aliphatic rings. The van der Waals surface area contributed by atoms with Gasteiger partial charge in [-0.2, -0.15) is 13.6 Å². The van der Waals surface area contributed by atoms with Crippen molar-refractivity contribution in [2.75, 3.05) is 25.6 Å². The highest BCUT2D eigenvalue weighted by Gasteiger charge is 2.65. The van der Waals surface area contributed by atoms with Gasteiger partial charge >= 0.3 is 29.2 Å². The number of anilines is 1. The van der Waals surface area contributed by atoms with E-state index in [2.05, 4.69) is 28.2 Å².